The van der Waals surface area contributed by atoms with E-state index in [2.05, 4.69) is 42.0 Å². The Kier molecular flexibility index (Phi) is 3.93. The van der Waals surface area contributed by atoms with Crippen LogP contribution in [0.25, 0.3) is 5.57 Å². The summed E-state index contributed by atoms with van der Waals surface area (Å²) in [5, 5.41) is 13.1. The lowest BCUT2D eigenvalue weighted by Gasteiger charge is -2.04. The van der Waals surface area contributed by atoms with Crippen molar-refractivity contribution in [3.05, 3.63) is 50.4 Å². The smallest absolute Gasteiger partial charge is 0.0465 e. The first kappa shape index (κ1) is 11.6. The lowest BCUT2D eigenvalue weighted by atomic mass is 10.1. The average Bonchev–Trinajstić information content (AvgIpc) is 2.91. The van der Waals surface area contributed by atoms with Crippen molar-refractivity contribution in [3.8, 4) is 0 Å². The molecule has 0 radical (unpaired) electrons. The minimum absolute atomic E-state index is 0.208. The van der Waals surface area contributed by atoms with Gasteiger partial charge in [0.05, 0.1) is 0 Å². The zero-order valence-electron chi connectivity index (χ0n) is 9.14. The second kappa shape index (κ2) is 5.43. The van der Waals surface area contributed by atoms with Crippen LogP contribution in [0.15, 0.2) is 35.0 Å². The van der Waals surface area contributed by atoms with E-state index >= 15 is 0 Å². The van der Waals surface area contributed by atoms with Crippen molar-refractivity contribution in [1.82, 2.24) is 0 Å². The van der Waals surface area contributed by atoms with E-state index in [1.54, 1.807) is 22.7 Å². The number of aliphatic hydroxyl groups excluding tert-OH is 1. The van der Waals surface area contributed by atoms with Gasteiger partial charge in [-0.15, -0.1) is 22.7 Å². The van der Waals surface area contributed by atoms with Gasteiger partial charge in [0, 0.05) is 21.9 Å². The summed E-state index contributed by atoms with van der Waals surface area (Å²) in [6.07, 6.45) is 2.84. The average molecular weight is 250 g/mol. The topological polar surface area (TPSA) is 20.2 Å². The molecule has 0 aromatic carbocycles. The van der Waals surface area contributed by atoms with Crippen LogP contribution in [0.5, 0.6) is 0 Å². The molecule has 1 N–H and O–H groups in total. The lowest BCUT2D eigenvalue weighted by molar-refractivity contribution is 0.303. The molecule has 0 aliphatic carbocycles. The molecule has 2 rings (SSSR count). The first-order valence-corrected chi connectivity index (χ1v) is 6.98. The molecule has 0 aliphatic rings. The van der Waals surface area contributed by atoms with Gasteiger partial charge in [0.15, 0.2) is 0 Å². The van der Waals surface area contributed by atoms with Crippen LogP contribution in [0.2, 0.25) is 0 Å². The van der Waals surface area contributed by atoms with Crippen LogP contribution in [0.4, 0.5) is 0 Å². The van der Waals surface area contributed by atoms with E-state index in [0.29, 0.717) is 6.42 Å². The zero-order valence-corrected chi connectivity index (χ0v) is 10.8. The third-order valence-corrected chi connectivity index (χ3v) is 4.32. The molecule has 0 spiro atoms. The molecule has 0 unspecified atom stereocenters. The van der Waals surface area contributed by atoms with E-state index in [0.717, 1.165) is 0 Å². The summed E-state index contributed by atoms with van der Waals surface area (Å²) in [6.45, 7) is 2.34. The fraction of sp³-hybridized carbons (Fsp3) is 0.231. The van der Waals surface area contributed by atoms with Crippen molar-refractivity contribution in [1.29, 1.82) is 0 Å². The Morgan fingerprint density at radius 1 is 1.31 bits per heavy atom. The normalized spacial score (nSPS) is 12.0. The maximum absolute atomic E-state index is 8.94. The Morgan fingerprint density at radius 2 is 2.19 bits per heavy atom. The van der Waals surface area contributed by atoms with Crippen LogP contribution in [0, 0.1) is 6.92 Å². The van der Waals surface area contributed by atoms with Crippen molar-refractivity contribution in [2.24, 2.45) is 0 Å². The van der Waals surface area contributed by atoms with Crippen molar-refractivity contribution in [2.75, 3.05) is 6.61 Å². The first-order chi connectivity index (χ1) is 7.83. The molecule has 2 aromatic rings. The van der Waals surface area contributed by atoms with Crippen molar-refractivity contribution in [3.63, 3.8) is 0 Å². The Balaban J connectivity index is 2.40. The molecular weight excluding hydrogens is 236 g/mol. The minimum Gasteiger partial charge on any atom is -0.396 e. The Bertz CT molecular complexity index is 466. The van der Waals surface area contributed by atoms with Gasteiger partial charge in [0.2, 0.25) is 0 Å². The number of aliphatic hydroxyl groups is 1. The molecule has 0 saturated heterocycles. The van der Waals surface area contributed by atoms with Gasteiger partial charge >= 0.3 is 0 Å². The highest BCUT2D eigenvalue weighted by Gasteiger charge is 2.09. The molecule has 0 bridgehead atoms. The fourth-order valence-electron chi connectivity index (χ4n) is 1.59. The van der Waals surface area contributed by atoms with Gasteiger partial charge in [0.25, 0.3) is 0 Å². The summed E-state index contributed by atoms with van der Waals surface area (Å²) in [7, 11) is 0. The van der Waals surface area contributed by atoms with Crippen LogP contribution >= 0.6 is 22.7 Å². The molecule has 0 aliphatic heterocycles. The molecule has 2 aromatic heterocycles. The van der Waals surface area contributed by atoms with Gasteiger partial charge < -0.3 is 5.11 Å². The maximum atomic E-state index is 8.94. The molecule has 0 saturated carbocycles. The van der Waals surface area contributed by atoms with Crippen LogP contribution in [0.3, 0.4) is 0 Å². The van der Waals surface area contributed by atoms with Crippen molar-refractivity contribution in [2.45, 2.75) is 13.3 Å². The number of hydrogen-bond acceptors (Lipinski definition) is 3. The SMILES string of the molecule is Cc1ccsc1/C(=C\CCO)c1cccs1. The summed E-state index contributed by atoms with van der Waals surface area (Å²) >= 11 is 3.51. The van der Waals surface area contributed by atoms with E-state index in [-0.39, 0.29) is 6.61 Å². The van der Waals surface area contributed by atoms with Crippen LogP contribution in [0.1, 0.15) is 21.7 Å². The van der Waals surface area contributed by atoms with E-state index < -0.39 is 0 Å². The minimum atomic E-state index is 0.208. The van der Waals surface area contributed by atoms with Gasteiger partial charge in [0.1, 0.15) is 0 Å². The largest absolute Gasteiger partial charge is 0.396 e. The summed E-state index contributed by atoms with van der Waals surface area (Å²) in [5.74, 6) is 0. The predicted molar refractivity (Wildman–Crippen MR) is 72.2 cm³/mol. The molecule has 3 heteroatoms. The maximum Gasteiger partial charge on any atom is 0.0465 e. The molecule has 1 nitrogen and oxygen atoms in total. The highest BCUT2D eigenvalue weighted by atomic mass is 32.1. The number of hydrogen-bond donors (Lipinski definition) is 1. The zero-order chi connectivity index (χ0) is 11.4. The summed E-state index contributed by atoms with van der Waals surface area (Å²) < 4.78 is 0. The lowest BCUT2D eigenvalue weighted by Crippen LogP contribution is -1.86. The second-order valence-electron chi connectivity index (χ2n) is 3.54. The highest BCUT2D eigenvalue weighted by molar-refractivity contribution is 7.13. The second-order valence-corrected chi connectivity index (χ2v) is 5.40. The number of rotatable bonds is 4. The van der Waals surface area contributed by atoms with Crippen molar-refractivity contribution < 1.29 is 5.11 Å². The molecule has 0 amide bonds. The predicted octanol–water partition coefficient (Wildman–Crippen LogP) is 3.93. The monoisotopic (exact) mass is 250 g/mol. The van der Waals surface area contributed by atoms with Gasteiger partial charge in [-0.2, -0.15) is 0 Å². The van der Waals surface area contributed by atoms with Gasteiger partial charge in [-0.25, -0.2) is 0 Å². The molecule has 2 heterocycles. The number of aryl methyl sites for hydroxylation is 1. The van der Waals surface area contributed by atoms with Gasteiger partial charge in [-0.1, -0.05) is 12.1 Å². The number of thiophene rings is 2. The van der Waals surface area contributed by atoms with E-state index in [4.69, 9.17) is 5.11 Å². The Labute approximate surface area is 104 Å². The summed E-state index contributed by atoms with van der Waals surface area (Å²) in [5.41, 5.74) is 2.57. The van der Waals surface area contributed by atoms with E-state index in [1.165, 1.54) is 20.9 Å². The Morgan fingerprint density at radius 3 is 2.75 bits per heavy atom. The third kappa shape index (κ3) is 2.43. The van der Waals surface area contributed by atoms with Crippen molar-refractivity contribution >= 4 is 28.2 Å². The van der Waals surface area contributed by atoms with Crippen LogP contribution in [-0.4, -0.2) is 11.7 Å². The molecular formula is C13H14OS2. The van der Waals surface area contributed by atoms with Crippen LogP contribution < -0.4 is 0 Å². The van der Waals surface area contributed by atoms with E-state index in [1.807, 2.05) is 0 Å². The first-order valence-electron chi connectivity index (χ1n) is 5.22. The molecule has 0 atom stereocenters. The third-order valence-electron chi connectivity index (χ3n) is 2.37. The molecule has 16 heavy (non-hydrogen) atoms. The summed E-state index contributed by atoms with van der Waals surface area (Å²) in [6, 6.07) is 6.34. The molecule has 84 valence electrons. The fourth-order valence-corrected chi connectivity index (χ4v) is 3.41. The van der Waals surface area contributed by atoms with Gasteiger partial charge in [-0.05, 0) is 41.8 Å². The van der Waals surface area contributed by atoms with E-state index in [9.17, 15) is 0 Å². The molecule has 0 fully saturated rings. The Hall–Kier alpha value is -0.900. The quantitative estimate of drug-likeness (QED) is 0.871. The standard InChI is InChI=1S/C13H14OS2/c1-10-6-9-16-13(10)11(4-2-7-14)12-5-3-8-15-12/h3-6,8-9,14H,2,7H2,1H3/b11-4-. The summed E-state index contributed by atoms with van der Waals surface area (Å²) in [4.78, 5) is 2.59. The highest BCUT2D eigenvalue weighted by Crippen LogP contribution is 2.33. The van der Waals surface area contributed by atoms with Crippen LogP contribution in [-0.2, 0) is 0 Å². The van der Waals surface area contributed by atoms with Gasteiger partial charge in [-0.3, -0.25) is 0 Å².